The van der Waals surface area contributed by atoms with Gasteiger partial charge >= 0.3 is 0 Å². The molecule has 2 unspecified atom stereocenters. The van der Waals surface area contributed by atoms with E-state index in [0.29, 0.717) is 6.54 Å². The van der Waals surface area contributed by atoms with Gasteiger partial charge in [-0.1, -0.05) is 0 Å². The smallest absolute Gasteiger partial charge is 0.102 e. The Morgan fingerprint density at radius 1 is 1.42 bits per heavy atom. The summed E-state index contributed by atoms with van der Waals surface area (Å²) >= 11 is 0. The molecule has 2 saturated heterocycles. The van der Waals surface area contributed by atoms with Crippen LogP contribution in [-0.4, -0.2) is 43.8 Å². The lowest BCUT2D eigenvalue weighted by molar-refractivity contribution is 0.153. The molecule has 0 spiro atoms. The van der Waals surface area contributed by atoms with E-state index in [1.807, 2.05) is 0 Å². The molecule has 1 N–H and O–H groups in total. The lowest BCUT2D eigenvalue weighted by Gasteiger charge is -2.34. The zero-order valence-corrected chi connectivity index (χ0v) is 7.43. The predicted molar refractivity (Wildman–Crippen MR) is 46.9 cm³/mol. The zero-order valence-electron chi connectivity index (χ0n) is 7.43. The van der Waals surface area contributed by atoms with Crippen LogP contribution in [-0.2, 0) is 0 Å². The standard InChI is InChI=1S/C9H17FN2/c10-3-6-12-5-2-9-8(7-12)1-4-11-9/h8-9,11H,1-7H2. The highest BCUT2D eigenvalue weighted by molar-refractivity contribution is 4.89. The van der Waals surface area contributed by atoms with Gasteiger partial charge in [0.2, 0.25) is 0 Å². The highest BCUT2D eigenvalue weighted by Crippen LogP contribution is 2.23. The van der Waals surface area contributed by atoms with Gasteiger partial charge < -0.3 is 10.2 Å². The Hall–Kier alpha value is -0.150. The maximum Gasteiger partial charge on any atom is 0.102 e. The molecular weight excluding hydrogens is 155 g/mol. The Morgan fingerprint density at radius 3 is 3.17 bits per heavy atom. The van der Waals surface area contributed by atoms with Crippen molar-refractivity contribution in [1.82, 2.24) is 10.2 Å². The lowest BCUT2D eigenvalue weighted by atomic mass is 9.93. The quantitative estimate of drug-likeness (QED) is 0.657. The normalized spacial score (nSPS) is 36.8. The minimum absolute atomic E-state index is 0.190. The van der Waals surface area contributed by atoms with Gasteiger partial charge in [0.05, 0.1) is 0 Å². The Balaban J connectivity index is 1.84. The third kappa shape index (κ3) is 1.62. The molecule has 3 heteroatoms. The molecule has 0 bridgehead atoms. The van der Waals surface area contributed by atoms with E-state index in [1.54, 1.807) is 0 Å². The summed E-state index contributed by atoms with van der Waals surface area (Å²) in [6, 6.07) is 0.737. The number of hydrogen-bond donors (Lipinski definition) is 1. The number of piperidine rings is 1. The van der Waals surface area contributed by atoms with Gasteiger partial charge in [0.15, 0.2) is 0 Å². The second-order valence-corrected chi connectivity index (χ2v) is 3.89. The number of hydrogen-bond acceptors (Lipinski definition) is 2. The van der Waals surface area contributed by atoms with Crippen LogP contribution in [0.3, 0.4) is 0 Å². The first kappa shape index (κ1) is 8.45. The van der Waals surface area contributed by atoms with Crippen molar-refractivity contribution < 1.29 is 4.39 Å². The minimum Gasteiger partial charge on any atom is -0.314 e. The van der Waals surface area contributed by atoms with Gasteiger partial charge in [0.25, 0.3) is 0 Å². The van der Waals surface area contributed by atoms with Crippen LogP contribution in [0.4, 0.5) is 4.39 Å². The molecule has 0 aromatic carbocycles. The number of nitrogens with one attached hydrogen (secondary N) is 1. The van der Waals surface area contributed by atoms with Crippen molar-refractivity contribution in [3.63, 3.8) is 0 Å². The fraction of sp³-hybridized carbons (Fsp3) is 1.00. The zero-order chi connectivity index (χ0) is 8.39. The predicted octanol–water partition coefficient (Wildman–Crippen LogP) is 0.640. The molecule has 0 amide bonds. The Morgan fingerprint density at radius 2 is 2.33 bits per heavy atom. The van der Waals surface area contributed by atoms with Crippen molar-refractivity contribution in [2.45, 2.75) is 18.9 Å². The number of nitrogens with zero attached hydrogens (tertiary/aromatic N) is 1. The summed E-state index contributed by atoms with van der Waals surface area (Å²) in [6.07, 6.45) is 2.50. The molecule has 2 aliphatic rings. The SMILES string of the molecule is FCCN1CCC2NCCC2C1. The van der Waals surface area contributed by atoms with Gasteiger partial charge in [-0.05, 0) is 31.8 Å². The summed E-state index contributed by atoms with van der Waals surface area (Å²) in [6.45, 7) is 3.81. The van der Waals surface area contributed by atoms with Gasteiger partial charge in [-0.25, -0.2) is 4.39 Å². The second kappa shape index (κ2) is 3.71. The van der Waals surface area contributed by atoms with E-state index in [0.717, 1.165) is 25.0 Å². The van der Waals surface area contributed by atoms with Crippen LogP contribution in [0, 0.1) is 5.92 Å². The number of halogens is 1. The Labute approximate surface area is 73.1 Å². The molecule has 0 aromatic heterocycles. The highest BCUT2D eigenvalue weighted by atomic mass is 19.1. The van der Waals surface area contributed by atoms with Crippen LogP contribution < -0.4 is 5.32 Å². The maximum atomic E-state index is 12.1. The number of rotatable bonds is 2. The average molecular weight is 172 g/mol. The van der Waals surface area contributed by atoms with Gasteiger partial charge in [0.1, 0.15) is 6.67 Å². The molecule has 2 aliphatic heterocycles. The first-order chi connectivity index (χ1) is 5.90. The molecule has 0 radical (unpaired) electrons. The molecule has 70 valence electrons. The number of likely N-dealkylation sites (tertiary alicyclic amines) is 1. The van der Waals surface area contributed by atoms with Crippen LogP contribution in [0.2, 0.25) is 0 Å². The summed E-state index contributed by atoms with van der Waals surface area (Å²) < 4.78 is 12.1. The van der Waals surface area contributed by atoms with Gasteiger partial charge in [-0.2, -0.15) is 0 Å². The van der Waals surface area contributed by atoms with Crippen molar-refractivity contribution >= 4 is 0 Å². The number of alkyl halides is 1. The molecule has 12 heavy (non-hydrogen) atoms. The Kier molecular flexibility index (Phi) is 2.61. The van der Waals surface area contributed by atoms with E-state index >= 15 is 0 Å². The van der Waals surface area contributed by atoms with Gasteiger partial charge in [0, 0.05) is 19.1 Å². The molecular formula is C9H17FN2. The van der Waals surface area contributed by atoms with Crippen molar-refractivity contribution in [3.8, 4) is 0 Å². The first-order valence-electron chi connectivity index (χ1n) is 4.92. The fourth-order valence-electron chi connectivity index (χ4n) is 2.45. The molecule has 2 rings (SSSR count). The summed E-state index contributed by atoms with van der Waals surface area (Å²) in [4.78, 5) is 2.26. The van der Waals surface area contributed by atoms with Crippen LogP contribution in [0.15, 0.2) is 0 Å². The molecule has 2 heterocycles. The minimum atomic E-state index is -0.190. The molecule has 0 aromatic rings. The van der Waals surface area contributed by atoms with Crippen molar-refractivity contribution in [3.05, 3.63) is 0 Å². The van der Waals surface area contributed by atoms with E-state index in [1.165, 1.54) is 19.4 Å². The third-order valence-electron chi connectivity index (χ3n) is 3.14. The highest BCUT2D eigenvalue weighted by Gasteiger charge is 2.31. The van der Waals surface area contributed by atoms with Crippen LogP contribution in [0.1, 0.15) is 12.8 Å². The lowest BCUT2D eigenvalue weighted by Crippen LogP contribution is -2.44. The largest absolute Gasteiger partial charge is 0.314 e. The molecule has 2 atom stereocenters. The number of fused-ring (bicyclic) bond motifs is 1. The van der Waals surface area contributed by atoms with Crippen LogP contribution >= 0.6 is 0 Å². The monoisotopic (exact) mass is 172 g/mol. The van der Waals surface area contributed by atoms with E-state index in [2.05, 4.69) is 10.2 Å². The van der Waals surface area contributed by atoms with Crippen LogP contribution in [0.25, 0.3) is 0 Å². The summed E-state index contributed by atoms with van der Waals surface area (Å²) in [7, 11) is 0. The van der Waals surface area contributed by atoms with E-state index < -0.39 is 0 Å². The van der Waals surface area contributed by atoms with Gasteiger partial charge in [-0.3, -0.25) is 0 Å². The van der Waals surface area contributed by atoms with Gasteiger partial charge in [-0.15, -0.1) is 0 Å². The van der Waals surface area contributed by atoms with E-state index in [-0.39, 0.29) is 6.67 Å². The van der Waals surface area contributed by atoms with Crippen molar-refractivity contribution in [2.24, 2.45) is 5.92 Å². The van der Waals surface area contributed by atoms with Crippen molar-refractivity contribution in [1.29, 1.82) is 0 Å². The molecule has 2 fully saturated rings. The summed E-state index contributed by atoms with van der Waals surface area (Å²) in [5, 5.41) is 3.50. The second-order valence-electron chi connectivity index (χ2n) is 3.89. The third-order valence-corrected chi connectivity index (χ3v) is 3.14. The summed E-state index contributed by atoms with van der Waals surface area (Å²) in [5.74, 6) is 0.797. The van der Waals surface area contributed by atoms with Crippen molar-refractivity contribution in [2.75, 3.05) is 32.9 Å². The van der Waals surface area contributed by atoms with E-state index in [9.17, 15) is 4.39 Å². The molecule has 2 nitrogen and oxygen atoms in total. The average Bonchev–Trinajstić information content (AvgIpc) is 2.51. The van der Waals surface area contributed by atoms with Crippen LogP contribution in [0.5, 0.6) is 0 Å². The molecule has 0 aliphatic carbocycles. The van der Waals surface area contributed by atoms with E-state index in [4.69, 9.17) is 0 Å². The maximum absolute atomic E-state index is 12.1. The summed E-state index contributed by atoms with van der Waals surface area (Å²) in [5.41, 5.74) is 0. The topological polar surface area (TPSA) is 15.3 Å². The first-order valence-corrected chi connectivity index (χ1v) is 4.92. The fourth-order valence-corrected chi connectivity index (χ4v) is 2.45. The Bertz CT molecular complexity index is 151. The molecule has 0 saturated carbocycles.